The van der Waals surface area contributed by atoms with E-state index in [2.05, 4.69) is 15.3 Å². The van der Waals surface area contributed by atoms with Crippen LogP contribution in [0.4, 0.5) is 17.3 Å². The predicted octanol–water partition coefficient (Wildman–Crippen LogP) is 1.04. The number of nitrogens with zero attached hydrogens (tertiary/aromatic N) is 4. The molecule has 0 aliphatic rings. The fourth-order valence-electron chi connectivity index (χ4n) is 3.48. The van der Waals surface area contributed by atoms with Crippen LogP contribution >= 0.6 is 0 Å². The molecule has 11 nitrogen and oxygen atoms in total. The first kappa shape index (κ1) is 26.8. The zero-order chi connectivity index (χ0) is 25.6. The van der Waals surface area contributed by atoms with Gasteiger partial charge in [-0.15, -0.1) is 0 Å². The Kier molecular flexibility index (Phi) is 9.13. The molecule has 0 spiro atoms. The second-order valence-corrected chi connectivity index (χ2v) is 9.28. The maximum Gasteiger partial charge on any atom is 0.330 e. The van der Waals surface area contributed by atoms with Gasteiger partial charge in [0, 0.05) is 18.8 Å². The molecule has 2 aromatic heterocycles. The Morgan fingerprint density at radius 2 is 1.82 bits per heavy atom. The zero-order valence-electron chi connectivity index (χ0n) is 20.7. The number of rotatable bonds is 10. The minimum Gasteiger partial charge on any atom is -0.383 e. The fourth-order valence-corrected chi connectivity index (χ4v) is 3.48. The Morgan fingerprint density at radius 3 is 2.41 bits per heavy atom. The highest BCUT2D eigenvalue weighted by Gasteiger charge is 2.26. The number of likely N-dealkylation sites (N-methyl/N-ethyl adjacent to an activating group) is 1. The Hall–Kier alpha value is -3.47. The van der Waals surface area contributed by atoms with Crippen molar-refractivity contribution >= 4 is 29.1 Å². The largest absolute Gasteiger partial charge is 0.383 e. The molecule has 0 saturated heterocycles. The first-order valence-electron chi connectivity index (χ1n) is 11.2. The Morgan fingerprint density at radius 1 is 1.15 bits per heavy atom. The molecule has 0 saturated carbocycles. The van der Waals surface area contributed by atoms with Gasteiger partial charge >= 0.3 is 5.69 Å². The number of aromatic amines is 1. The number of nitrogens with one attached hydrogen (secondary N) is 2. The van der Waals surface area contributed by atoms with E-state index in [1.165, 1.54) is 14.4 Å². The number of H-pyrrole nitrogens is 1. The summed E-state index contributed by atoms with van der Waals surface area (Å²) in [7, 11) is 1.63. The highest BCUT2D eigenvalue weighted by molar-refractivity contribution is 5.97. The van der Waals surface area contributed by atoms with E-state index < -0.39 is 17.2 Å². The standard InChI is InChI=1S/C23H35N7O4/c1-14(2)10-29(20-21(24)30(11-15(3)4)23(34)27-22(20)33)19(32)13-28(6)12-18(31)26-17-9-7-8-16(5)25-17/h7-9,14-15H,10-13,24H2,1-6H3,(H,25,26,31)(H,27,33,34). The van der Waals surface area contributed by atoms with Gasteiger partial charge < -0.3 is 16.0 Å². The molecule has 0 aromatic carbocycles. The lowest BCUT2D eigenvalue weighted by molar-refractivity contribution is -0.121. The fraction of sp³-hybridized carbons (Fsp3) is 0.522. The van der Waals surface area contributed by atoms with Crippen LogP contribution in [0.15, 0.2) is 27.8 Å². The highest BCUT2D eigenvalue weighted by Crippen LogP contribution is 2.19. The first-order chi connectivity index (χ1) is 15.9. The second kappa shape index (κ2) is 11.6. The summed E-state index contributed by atoms with van der Waals surface area (Å²) in [4.78, 5) is 60.0. The number of hydrogen-bond acceptors (Lipinski definition) is 7. The summed E-state index contributed by atoms with van der Waals surface area (Å²) in [5.41, 5.74) is 5.60. The van der Waals surface area contributed by atoms with E-state index in [1.54, 1.807) is 19.2 Å². The molecule has 2 aromatic rings. The molecule has 4 N–H and O–H groups in total. The third kappa shape index (κ3) is 7.27. The first-order valence-corrected chi connectivity index (χ1v) is 11.2. The number of carbonyl (C=O) groups is 2. The summed E-state index contributed by atoms with van der Waals surface area (Å²) in [5, 5.41) is 2.70. The molecule has 0 unspecified atom stereocenters. The molecule has 2 amide bonds. The van der Waals surface area contributed by atoms with E-state index in [4.69, 9.17) is 5.73 Å². The number of pyridine rings is 1. The van der Waals surface area contributed by atoms with Gasteiger partial charge in [-0.1, -0.05) is 33.8 Å². The van der Waals surface area contributed by atoms with E-state index in [0.717, 1.165) is 5.69 Å². The molecule has 0 aliphatic carbocycles. The van der Waals surface area contributed by atoms with Crippen molar-refractivity contribution in [2.45, 2.75) is 41.2 Å². The Labute approximate surface area is 199 Å². The van der Waals surface area contributed by atoms with Crippen LogP contribution in [-0.2, 0) is 16.1 Å². The summed E-state index contributed by atoms with van der Waals surface area (Å²) < 4.78 is 1.27. The van der Waals surface area contributed by atoms with Crippen molar-refractivity contribution in [3.8, 4) is 0 Å². The van der Waals surface area contributed by atoms with Gasteiger partial charge in [0.2, 0.25) is 11.8 Å². The van der Waals surface area contributed by atoms with Crippen molar-refractivity contribution in [3.05, 3.63) is 44.7 Å². The Balaban J connectivity index is 2.23. The lowest BCUT2D eigenvalue weighted by atomic mass is 10.2. The smallest absolute Gasteiger partial charge is 0.330 e. The number of carbonyl (C=O) groups excluding carboxylic acids is 2. The van der Waals surface area contributed by atoms with Crippen LogP contribution in [0.3, 0.4) is 0 Å². The van der Waals surface area contributed by atoms with Crippen molar-refractivity contribution in [3.63, 3.8) is 0 Å². The molecule has 34 heavy (non-hydrogen) atoms. The summed E-state index contributed by atoms with van der Waals surface area (Å²) in [6.07, 6.45) is 0. The van der Waals surface area contributed by atoms with E-state index in [9.17, 15) is 19.2 Å². The molecule has 0 radical (unpaired) electrons. The third-order valence-corrected chi connectivity index (χ3v) is 4.86. The predicted molar refractivity (Wildman–Crippen MR) is 133 cm³/mol. The number of hydrogen-bond donors (Lipinski definition) is 3. The maximum absolute atomic E-state index is 13.2. The lowest BCUT2D eigenvalue weighted by Crippen LogP contribution is -2.47. The van der Waals surface area contributed by atoms with Gasteiger partial charge in [-0.05, 0) is 37.9 Å². The van der Waals surface area contributed by atoms with E-state index in [1.807, 2.05) is 40.7 Å². The lowest BCUT2D eigenvalue weighted by Gasteiger charge is -2.28. The van der Waals surface area contributed by atoms with Gasteiger partial charge in [-0.3, -0.25) is 28.8 Å². The van der Waals surface area contributed by atoms with Crippen molar-refractivity contribution in [2.75, 3.05) is 42.6 Å². The zero-order valence-corrected chi connectivity index (χ0v) is 20.7. The average molecular weight is 474 g/mol. The maximum atomic E-state index is 13.2. The molecule has 186 valence electrons. The van der Waals surface area contributed by atoms with Gasteiger partial charge in [0.05, 0.1) is 13.1 Å². The summed E-state index contributed by atoms with van der Waals surface area (Å²) in [6.45, 7) is 9.78. The minimum atomic E-state index is -0.720. The van der Waals surface area contributed by atoms with Gasteiger partial charge in [-0.25, -0.2) is 9.78 Å². The van der Waals surface area contributed by atoms with Crippen molar-refractivity contribution in [1.82, 2.24) is 19.4 Å². The van der Waals surface area contributed by atoms with Gasteiger partial charge in [0.15, 0.2) is 5.69 Å². The number of nitrogens with two attached hydrogens (primary N) is 1. The molecule has 11 heteroatoms. The minimum absolute atomic E-state index is 0.0224. The number of aryl methyl sites for hydroxylation is 1. The second-order valence-electron chi connectivity index (χ2n) is 9.28. The summed E-state index contributed by atoms with van der Waals surface area (Å²) >= 11 is 0. The highest BCUT2D eigenvalue weighted by atomic mass is 16.2. The quantitative estimate of drug-likeness (QED) is 0.467. The number of anilines is 3. The molecule has 0 fully saturated rings. The molecule has 0 bridgehead atoms. The van der Waals surface area contributed by atoms with E-state index in [0.29, 0.717) is 12.4 Å². The summed E-state index contributed by atoms with van der Waals surface area (Å²) in [5.74, 6) is -0.244. The van der Waals surface area contributed by atoms with Crippen molar-refractivity contribution in [2.24, 2.45) is 11.8 Å². The van der Waals surface area contributed by atoms with E-state index >= 15 is 0 Å². The van der Waals surface area contributed by atoms with Crippen LogP contribution in [-0.4, -0.2) is 57.9 Å². The monoisotopic (exact) mass is 473 g/mol. The molecular formula is C23H35N7O4. The average Bonchev–Trinajstić information content (AvgIpc) is 2.69. The molecule has 0 aliphatic heterocycles. The topological polar surface area (TPSA) is 146 Å². The van der Waals surface area contributed by atoms with Crippen LogP contribution < -0.4 is 27.2 Å². The van der Waals surface area contributed by atoms with Gasteiger partial charge in [-0.2, -0.15) is 0 Å². The molecule has 2 rings (SSSR count). The Bertz CT molecular complexity index is 1140. The van der Waals surface area contributed by atoms with Crippen LogP contribution in [0.2, 0.25) is 0 Å². The number of aromatic nitrogens is 3. The molecule has 0 atom stereocenters. The number of nitrogen functional groups attached to an aromatic ring is 1. The van der Waals surface area contributed by atoms with Crippen LogP contribution in [0, 0.1) is 18.8 Å². The normalized spacial score (nSPS) is 11.3. The van der Waals surface area contributed by atoms with Crippen LogP contribution in [0.25, 0.3) is 0 Å². The van der Waals surface area contributed by atoms with Gasteiger partial charge in [0.25, 0.3) is 5.56 Å². The van der Waals surface area contributed by atoms with Crippen LogP contribution in [0.1, 0.15) is 33.4 Å². The molecular weight excluding hydrogens is 438 g/mol. The van der Waals surface area contributed by atoms with Crippen molar-refractivity contribution < 1.29 is 9.59 Å². The van der Waals surface area contributed by atoms with Crippen molar-refractivity contribution in [1.29, 1.82) is 0 Å². The van der Waals surface area contributed by atoms with E-state index in [-0.39, 0.29) is 48.9 Å². The third-order valence-electron chi connectivity index (χ3n) is 4.86. The summed E-state index contributed by atoms with van der Waals surface area (Å²) in [6, 6.07) is 5.29. The SMILES string of the molecule is Cc1cccc(NC(=O)CN(C)CC(=O)N(CC(C)C)c2c(N)n(CC(C)C)c(=O)[nH]c2=O)n1. The van der Waals surface area contributed by atoms with Crippen LogP contribution in [0.5, 0.6) is 0 Å². The van der Waals surface area contributed by atoms with Gasteiger partial charge in [0.1, 0.15) is 11.6 Å². The number of amides is 2. The molecule has 2 heterocycles.